The summed E-state index contributed by atoms with van der Waals surface area (Å²) < 4.78 is 0. The lowest BCUT2D eigenvalue weighted by Gasteiger charge is -1.92. The average molecular weight is 154 g/mol. The number of nitrogens with zero attached hydrogens (tertiary/aromatic N) is 3. The third kappa shape index (κ3) is 2.03. The van der Waals surface area contributed by atoms with Crippen molar-refractivity contribution >= 4 is 12.1 Å². The number of hydrogen-bond acceptors (Lipinski definition) is 4. The molecule has 0 saturated heterocycles. The van der Waals surface area contributed by atoms with Crippen molar-refractivity contribution in [1.29, 1.82) is 0 Å². The van der Waals surface area contributed by atoms with Crippen molar-refractivity contribution in [2.24, 2.45) is 0 Å². The van der Waals surface area contributed by atoms with Gasteiger partial charge >= 0.3 is 0 Å². The average Bonchev–Trinajstić information content (AvgIpc) is 2.48. The molecule has 0 aromatic carbocycles. The largest absolute Gasteiger partial charge is 0.360 e. The zero-order valence-corrected chi connectivity index (χ0v) is 6.32. The normalized spacial score (nSPS) is 9.55. The van der Waals surface area contributed by atoms with Gasteiger partial charge in [0.2, 0.25) is 0 Å². The molecule has 1 aromatic rings. The summed E-state index contributed by atoms with van der Waals surface area (Å²) >= 11 is 0. The second-order valence-corrected chi connectivity index (χ2v) is 1.97. The minimum Gasteiger partial charge on any atom is -0.360 e. The van der Waals surface area contributed by atoms with Gasteiger partial charge in [0.05, 0.1) is 19.3 Å². The van der Waals surface area contributed by atoms with Gasteiger partial charge in [0.1, 0.15) is 6.29 Å². The first-order chi connectivity index (χ1) is 5.36. The summed E-state index contributed by atoms with van der Waals surface area (Å²) in [7, 11) is 0. The maximum Gasteiger partial charge on any atom is 0.168 e. The number of hydrogen-bond donors (Lipinski definition) is 1. The Morgan fingerprint density at radius 3 is 3.18 bits per heavy atom. The van der Waals surface area contributed by atoms with E-state index in [4.69, 9.17) is 0 Å². The van der Waals surface area contributed by atoms with Crippen molar-refractivity contribution in [2.45, 2.75) is 13.5 Å². The van der Waals surface area contributed by atoms with Gasteiger partial charge in [0, 0.05) is 0 Å². The summed E-state index contributed by atoms with van der Waals surface area (Å²) in [5, 5.41) is 10.7. The summed E-state index contributed by atoms with van der Waals surface area (Å²) in [6, 6.07) is 0. The molecule has 60 valence electrons. The van der Waals surface area contributed by atoms with E-state index in [-0.39, 0.29) is 6.54 Å². The van der Waals surface area contributed by atoms with E-state index in [0.717, 1.165) is 12.8 Å². The second-order valence-electron chi connectivity index (χ2n) is 1.97. The molecule has 1 aromatic heterocycles. The SMILES string of the molecule is CCn1ncc(NCC=O)n1. The fourth-order valence-corrected chi connectivity index (χ4v) is 0.677. The highest BCUT2D eigenvalue weighted by Crippen LogP contribution is 1.96. The zero-order chi connectivity index (χ0) is 8.10. The Bertz CT molecular complexity index is 232. The monoisotopic (exact) mass is 154 g/mol. The van der Waals surface area contributed by atoms with E-state index >= 15 is 0 Å². The molecule has 1 rings (SSSR count). The predicted octanol–water partition coefficient (Wildman–Crippen LogP) is -0.0912. The quantitative estimate of drug-likeness (QED) is 0.616. The van der Waals surface area contributed by atoms with E-state index in [2.05, 4.69) is 15.5 Å². The van der Waals surface area contributed by atoms with Gasteiger partial charge in [-0.3, -0.25) is 0 Å². The van der Waals surface area contributed by atoms with Gasteiger partial charge in [0.15, 0.2) is 5.82 Å². The molecule has 0 unspecified atom stereocenters. The molecule has 1 heterocycles. The topological polar surface area (TPSA) is 59.8 Å². The molecule has 0 atom stereocenters. The fraction of sp³-hybridized carbons (Fsp3) is 0.500. The predicted molar refractivity (Wildman–Crippen MR) is 40.2 cm³/mol. The Morgan fingerprint density at radius 1 is 1.82 bits per heavy atom. The number of rotatable bonds is 4. The smallest absolute Gasteiger partial charge is 0.168 e. The van der Waals surface area contributed by atoms with Gasteiger partial charge in [-0.1, -0.05) is 0 Å². The maximum absolute atomic E-state index is 9.94. The van der Waals surface area contributed by atoms with Crippen LogP contribution in [0.1, 0.15) is 6.92 Å². The third-order valence-corrected chi connectivity index (χ3v) is 1.19. The lowest BCUT2D eigenvalue weighted by molar-refractivity contribution is -0.106. The minimum absolute atomic E-state index is 0.280. The number of aryl methyl sites for hydroxylation is 1. The molecule has 0 bridgehead atoms. The summed E-state index contributed by atoms with van der Waals surface area (Å²) in [5.74, 6) is 0.638. The van der Waals surface area contributed by atoms with Crippen molar-refractivity contribution in [3.63, 3.8) is 0 Å². The van der Waals surface area contributed by atoms with E-state index in [1.807, 2.05) is 6.92 Å². The van der Waals surface area contributed by atoms with Gasteiger partial charge in [0.25, 0.3) is 0 Å². The van der Waals surface area contributed by atoms with Gasteiger partial charge in [-0.25, -0.2) is 0 Å². The van der Waals surface area contributed by atoms with Crippen LogP contribution in [0.25, 0.3) is 0 Å². The van der Waals surface area contributed by atoms with Crippen molar-refractivity contribution in [3.8, 4) is 0 Å². The first-order valence-electron chi connectivity index (χ1n) is 3.44. The molecular weight excluding hydrogens is 144 g/mol. The summed E-state index contributed by atoms with van der Waals surface area (Å²) in [6.07, 6.45) is 2.37. The van der Waals surface area contributed by atoms with Crippen molar-refractivity contribution in [2.75, 3.05) is 11.9 Å². The van der Waals surface area contributed by atoms with Crippen LogP contribution in [0.2, 0.25) is 0 Å². The minimum atomic E-state index is 0.280. The molecule has 0 aliphatic rings. The molecule has 0 aliphatic carbocycles. The summed E-state index contributed by atoms with van der Waals surface area (Å²) in [6.45, 7) is 2.97. The molecule has 0 aliphatic heterocycles. The van der Waals surface area contributed by atoms with E-state index in [1.54, 1.807) is 11.0 Å². The molecule has 0 radical (unpaired) electrons. The van der Waals surface area contributed by atoms with Crippen LogP contribution in [0.15, 0.2) is 6.20 Å². The van der Waals surface area contributed by atoms with E-state index in [9.17, 15) is 4.79 Å². The van der Waals surface area contributed by atoms with Gasteiger partial charge in [-0.2, -0.15) is 9.90 Å². The first kappa shape index (κ1) is 7.71. The molecule has 11 heavy (non-hydrogen) atoms. The van der Waals surface area contributed by atoms with Crippen LogP contribution in [0.5, 0.6) is 0 Å². The fourth-order valence-electron chi connectivity index (χ4n) is 0.677. The molecule has 5 nitrogen and oxygen atoms in total. The van der Waals surface area contributed by atoms with Crippen LogP contribution < -0.4 is 5.32 Å². The summed E-state index contributed by atoms with van der Waals surface area (Å²) in [5.41, 5.74) is 0. The molecule has 0 spiro atoms. The van der Waals surface area contributed by atoms with E-state index < -0.39 is 0 Å². The standard InChI is InChI=1S/C6H10N4O/c1-2-10-8-5-6(9-10)7-3-4-11/h4-5H,2-3H2,1H3,(H,7,9). The third-order valence-electron chi connectivity index (χ3n) is 1.19. The summed E-state index contributed by atoms with van der Waals surface area (Å²) in [4.78, 5) is 11.5. The van der Waals surface area contributed by atoms with E-state index in [1.165, 1.54) is 0 Å². The Morgan fingerprint density at radius 2 is 2.64 bits per heavy atom. The Kier molecular flexibility index (Phi) is 2.59. The van der Waals surface area contributed by atoms with Crippen LogP contribution in [0, 0.1) is 0 Å². The lowest BCUT2D eigenvalue weighted by atomic mass is 10.6. The number of nitrogens with one attached hydrogen (secondary N) is 1. The second kappa shape index (κ2) is 3.70. The number of anilines is 1. The molecule has 5 heteroatoms. The maximum atomic E-state index is 9.94. The van der Waals surface area contributed by atoms with E-state index in [0.29, 0.717) is 5.82 Å². The van der Waals surface area contributed by atoms with Gasteiger partial charge in [-0.05, 0) is 6.92 Å². The van der Waals surface area contributed by atoms with Gasteiger partial charge in [-0.15, -0.1) is 5.10 Å². The van der Waals surface area contributed by atoms with Crippen LogP contribution in [0.3, 0.4) is 0 Å². The molecule has 1 N–H and O–H groups in total. The van der Waals surface area contributed by atoms with Crippen molar-refractivity contribution < 1.29 is 4.79 Å². The Labute approximate surface area is 64.4 Å². The number of carbonyl (C=O) groups excluding carboxylic acids is 1. The van der Waals surface area contributed by atoms with Crippen molar-refractivity contribution in [3.05, 3.63) is 6.20 Å². The zero-order valence-electron chi connectivity index (χ0n) is 6.32. The van der Waals surface area contributed by atoms with Gasteiger partial charge < -0.3 is 10.1 Å². The van der Waals surface area contributed by atoms with Crippen LogP contribution >= 0.6 is 0 Å². The Balaban J connectivity index is 2.50. The highest BCUT2D eigenvalue weighted by atomic mass is 16.1. The van der Waals surface area contributed by atoms with Crippen LogP contribution in [-0.4, -0.2) is 27.8 Å². The number of aromatic nitrogens is 3. The molecule has 0 fully saturated rings. The highest BCUT2D eigenvalue weighted by Gasteiger charge is 1.95. The number of aldehydes is 1. The van der Waals surface area contributed by atoms with Crippen LogP contribution in [-0.2, 0) is 11.3 Å². The lowest BCUT2D eigenvalue weighted by Crippen LogP contribution is -2.04. The molecule has 0 saturated carbocycles. The molecule has 0 amide bonds. The Hall–Kier alpha value is -1.39. The first-order valence-corrected chi connectivity index (χ1v) is 3.44. The highest BCUT2D eigenvalue weighted by molar-refractivity contribution is 5.57. The molecular formula is C6H10N4O. The van der Waals surface area contributed by atoms with Crippen molar-refractivity contribution in [1.82, 2.24) is 15.0 Å². The number of carbonyl (C=O) groups is 1. The van der Waals surface area contributed by atoms with Crippen LogP contribution in [0.4, 0.5) is 5.82 Å².